The van der Waals surface area contributed by atoms with Crippen LogP contribution in [0.3, 0.4) is 0 Å². The summed E-state index contributed by atoms with van der Waals surface area (Å²) < 4.78 is 0. The molecule has 0 radical (unpaired) electrons. The number of rotatable bonds is 10. The molecule has 1 amide bonds. The van der Waals surface area contributed by atoms with Crippen molar-refractivity contribution in [2.24, 2.45) is 0 Å². The number of hydrogen-bond acceptors (Lipinski definition) is 5. The van der Waals surface area contributed by atoms with Crippen molar-refractivity contribution in [1.82, 2.24) is 10.3 Å². The molecule has 1 aromatic heterocycles. The van der Waals surface area contributed by atoms with E-state index in [9.17, 15) is 19.5 Å². The number of aliphatic carboxylic acids is 2. The number of anilines is 1. The van der Waals surface area contributed by atoms with Gasteiger partial charge < -0.3 is 20.4 Å². The van der Waals surface area contributed by atoms with E-state index >= 15 is 0 Å². The van der Waals surface area contributed by atoms with Crippen molar-refractivity contribution < 1.29 is 24.6 Å². The standard InChI is InChI=1S/C27H26ClN3O5/c1-4-11-31(15-19-14-21-22(28)13-17(3)29-24(21)12-16(19)2)20-7-5-18(6-8-20)26(34)30-23(27(35)36)9-10-25(32)33/h1,5-8,12-14,23H,9-11,15H2,2-3H3,(H,30,34)(H,32,33)(H,35,36)/t23-/m0/s1. The molecule has 0 aliphatic heterocycles. The molecule has 3 aromatic rings. The number of carbonyl (C=O) groups excluding carboxylic acids is 1. The van der Waals surface area contributed by atoms with E-state index in [1.54, 1.807) is 24.3 Å². The number of fused-ring (bicyclic) bond motifs is 1. The summed E-state index contributed by atoms with van der Waals surface area (Å²) in [6.45, 7) is 4.71. The Balaban J connectivity index is 1.80. The second kappa shape index (κ2) is 11.6. The van der Waals surface area contributed by atoms with E-state index in [2.05, 4.69) is 16.2 Å². The molecule has 9 heteroatoms. The molecular weight excluding hydrogens is 482 g/mol. The number of benzene rings is 2. The summed E-state index contributed by atoms with van der Waals surface area (Å²) in [4.78, 5) is 41.2. The number of hydrogen-bond donors (Lipinski definition) is 3. The Morgan fingerprint density at radius 3 is 2.44 bits per heavy atom. The van der Waals surface area contributed by atoms with Crippen LogP contribution in [0.25, 0.3) is 10.9 Å². The molecule has 36 heavy (non-hydrogen) atoms. The van der Waals surface area contributed by atoms with Crippen LogP contribution in [-0.4, -0.2) is 45.6 Å². The number of terminal acetylenes is 1. The molecule has 8 nitrogen and oxygen atoms in total. The quantitative estimate of drug-likeness (QED) is 0.352. The number of carbonyl (C=O) groups is 3. The maximum absolute atomic E-state index is 12.5. The normalized spacial score (nSPS) is 11.5. The smallest absolute Gasteiger partial charge is 0.326 e. The highest BCUT2D eigenvalue weighted by molar-refractivity contribution is 6.35. The van der Waals surface area contributed by atoms with Gasteiger partial charge in [0.2, 0.25) is 0 Å². The monoisotopic (exact) mass is 507 g/mol. The van der Waals surface area contributed by atoms with Gasteiger partial charge in [0.25, 0.3) is 5.91 Å². The van der Waals surface area contributed by atoms with Gasteiger partial charge in [0.1, 0.15) is 6.04 Å². The van der Waals surface area contributed by atoms with Crippen LogP contribution >= 0.6 is 11.6 Å². The summed E-state index contributed by atoms with van der Waals surface area (Å²) >= 11 is 6.45. The number of carboxylic acids is 2. The van der Waals surface area contributed by atoms with E-state index < -0.39 is 23.9 Å². The maximum Gasteiger partial charge on any atom is 0.326 e. The number of carboxylic acid groups (broad SMARTS) is 2. The number of halogens is 1. The average Bonchev–Trinajstić information content (AvgIpc) is 2.81. The van der Waals surface area contributed by atoms with E-state index in [4.69, 9.17) is 23.1 Å². The predicted octanol–water partition coefficient (Wildman–Crippen LogP) is 4.19. The highest BCUT2D eigenvalue weighted by atomic mass is 35.5. The third kappa shape index (κ3) is 6.52. The molecule has 0 unspecified atom stereocenters. The fourth-order valence-electron chi connectivity index (χ4n) is 3.82. The Kier molecular flexibility index (Phi) is 8.51. The molecule has 2 aromatic carbocycles. The van der Waals surface area contributed by atoms with Crippen LogP contribution in [0.4, 0.5) is 5.69 Å². The number of aromatic nitrogens is 1. The Morgan fingerprint density at radius 2 is 1.83 bits per heavy atom. The second-order valence-electron chi connectivity index (χ2n) is 8.45. The van der Waals surface area contributed by atoms with E-state index in [1.165, 1.54) is 0 Å². The minimum absolute atomic E-state index is 0.214. The molecule has 1 heterocycles. The molecule has 0 aliphatic rings. The van der Waals surface area contributed by atoms with Crippen molar-refractivity contribution in [3.63, 3.8) is 0 Å². The zero-order valence-electron chi connectivity index (χ0n) is 19.9. The van der Waals surface area contributed by atoms with Gasteiger partial charge in [-0.15, -0.1) is 6.42 Å². The first-order valence-electron chi connectivity index (χ1n) is 11.2. The van der Waals surface area contributed by atoms with Gasteiger partial charge in [0.15, 0.2) is 0 Å². The van der Waals surface area contributed by atoms with Crippen molar-refractivity contribution in [3.05, 3.63) is 69.9 Å². The summed E-state index contributed by atoms with van der Waals surface area (Å²) in [6.07, 6.45) is 5.03. The van der Waals surface area contributed by atoms with Crippen molar-refractivity contribution in [2.45, 2.75) is 39.3 Å². The summed E-state index contributed by atoms with van der Waals surface area (Å²) in [5, 5.41) is 21.9. The molecular formula is C27H26ClN3O5. The van der Waals surface area contributed by atoms with Crippen molar-refractivity contribution in [1.29, 1.82) is 0 Å². The topological polar surface area (TPSA) is 120 Å². The van der Waals surface area contributed by atoms with Crippen molar-refractivity contribution in [3.8, 4) is 12.3 Å². The number of aryl methyl sites for hydroxylation is 2. The first-order chi connectivity index (χ1) is 17.1. The lowest BCUT2D eigenvalue weighted by Crippen LogP contribution is -2.41. The van der Waals surface area contributed by atoms with Gasteiger partial charge in [-0.25, -0.2) is 4.79 Å². The predicted molar refractivity (Wildman–Crippen MR) is 138 cm³/mol. The number of nitrogens with one attached hydrogen (secondary N) is 1. The summed E-state index contributed by atoms with van der Waals surface area (Å²) in [6, 6.07) is 11.1. The highest BCUT2D eigenvalue weighted by Gasteiger charge is 2.22. The van der Waals surface area contributed by atoms with Gasteiger partial charge in [-0.1, -0.05) is 17.5 Å². The van der Waals surface area contributed by atoms with E-state index in [1.807, 2.05) is 36.9 Å². The fraction of sp³-hybridized carbons (Fsp3) is 0.259. The molecule has 0 spiro atoms. The van der Waals surface area contributed by atoms with Crippen LogP contribution in [0.2, 0.25) is 5.02 Å². The molecule has 3 rings (SSSR count). The van der Waals surface area contributed by atoms with Crippen LogP contribution in [-0.2, 0) is 16.1 Å². The van der Waals surface area contributed by atoms with Crippen LogP contribution in [0, 0.1) is 26.2 Å². The minimum Gasteiger partial charge on any atom is -0.481 e. The number of nitrogens with zero attached hydrogens (tertiary/aromatic N) is 2. The molecule has 0 saturated carbocycles. The number of pyridine rings is 1. The third-order valence-electron chi connectivity index (χ3n) is 5.73. The minimum atomic E-state index is -1.30. The summed E-state index contributed by atoms with van der Waals surface area (Å²) in [7, 11) is 0. The van der Waals surface area contributed by atoms with Gasteiger partial charge in [-0.05, 0) is 73.9 Å². The van der Waals surface area contributed by atoms with Crippen LogP contribution in [0.1, 0.15) is 40.0 Å². The zero-order chi connectivity index (χ0) is 26.4. The second-order valence-corrected chi connectivity index (χ2v) is 8.85. The lowest BCUT2D eigenvalue weighted by atomic mass is 10.0. The Hall–Kier alpha value is -4.09. The van der Waals surface area contributed by atoms with Gasteiger partial charge in [-0.3, -0.25) is 14.6 Å². The number of amides is 1. The van der Waals surface area contributed by atoms with E-state index in [0.29, 0.717) is 18.1 Å². The molecule has 1 atom stereocenters. The van der Waals surface area contributed by atoms with Gasteiger partial charge in [0, 0.05) is 35.3 Å². The van der Waals surface area contributed by atoms with Crippen LogP contribution in [0.15, 0.2) is 42.5 Å². The lowest BCUT2D eigenvalue weighted by molar-refractivity contribution is -0.140. The molecule has 0 aliphatic carbocycles. The van der Waals surface area contributed by atoms with Crippen molar-refractivity contribution in [2.75, 3.05) is 11.4 Å². The Bertz CT molecular complexity index is 1350. The molecule has 0 saturated heterocycles. The molecule has 3 N–H and O–H groups in total. The average molecular weight is 508 g/mol. The van der Waals surface area contributed by atoms with Crippen LogP contribution < -0.4 is 10.2 Å². The maximum atomic E-state index is 12.5. The van der Waals surface area contributed by atoms with Gasteiger partial charge in [0.05, 0.1) is 17.1 Å². The summed E-state index contributed by atoms with van der Waals surface area (Å²) in [5.41, 5.74) is 4.75. The largest absolute Gasteiger partial charge is 0.481 e. The highest BCUT2D eigenvalue weighted by Crippen LogP contribution is 2.28. The lowest BCUT2D eigenvalue weighted by Gasteiger charge is -2.24. The molecule has 186 valence electrons. The molecule has 0 fully saturated rings. The van der Waals surface area contributed by atoms with Crippen molar-refractivity contribution >= 4 is 46.0 Å². The third-order valence-corrected chi connectivity index (χ3v) is 6.04. The summed E-state index contributed by atoms with van der Waals surface area (Å²) in [5.74, 6) is -0.379. The van der Waals surface area contributed by atoms with E-state index in [-0.39, 0.29) is 18.4 Å². The van der Waals surface area contributed by atoms with E-state index in [0.717, 1.165) is 33.4 Å². The van der Waals surface area contributed by atoms with Gasteiger partial charge in [-0.2, -0.15) is 0 Å². The molecule has 0 bridgehead atoms. The fourth-order valence-corrected chi connectivity index (χ4v) is 4.13. The SMILES string of the molecule is C#CCN(Cc1cc2c(Cl)cc(C)nc2cc1C)c1ccc(C(=O)N[C@@H](CCC(=O)O)C(=O)O)cc1. The first kappa shape index (κ1) is 26.5. The zero-order valence-corrected chi connectivity index (χ0v) is 20.7. The Labute approximate surface area is 213 Å². The first-order valence-corrected chi connectivity index (χ1v) is 11.6. The Morgan fingerprint density at radius 1 is 1.14 bits per heavy atom. The van der Waals surface area contributed by atoms with Gasteiger partial charge >= 0.3 is 11.9 Å². The van der Waals surface area contributed by atoms with Crippen LogP contribution in [0.5, 0.6) is 0 Å².